The monoisotopic (exact) mass is 278 g/mol. The standard InChI is InChI=1S/C12H17F3N2O2/c1-11(8-2-3-8)10(19)17(6-4-9(18)16-11)7-5-12(13,14)15/h8H,2-7H2,1H3,(H,16,18). The van der Waals surface area contributed by atoms with Gasteiger partial charge in [0.1, 0.15) is 5.54 Å². The zero-order valence-electron chi connectivity index (χ0n) is 10.7. The lowest BCUT2D eigenvalue weighted by molar-refractivity contribution is -0.149. The Balaban J connectivity index is 2.10. The Hall–Kier alpha value is -1.27. The van der Waals surface area contributed by atoms with Gasteiger partial charge in [0.15, 0.2) is 0 Å². The Labute approximate surface area is 109 Å². The molecule has 2 aliphatic rings. The molecule has 0 bridgehead atoms. The molecular formula is C12H17F3N2O2. The summed E-state index contributed by atoms with van der Waals surface area (Å²) in [6, 6.07) is 0. The molecule has 1 heterocycles. The van der Waals surface area contributed by atoms with Crippen molar-refractivity contribution in [3.05, 3.63) is 0 Å². The van der Waals surface area contributed by atoms with Crippen molar-refractivity contribution >= 4 is 11.8 Å². The van der Waals surface area contributed by atoms with Crippen LogP contribution in [0.25, 0.3) is 0 Å². The highest BCUT2D eigenvalue weighted by atomic mass is 19.4. The molecule has 108 valence electrons. The molecule has 1 saturated carbocycles. The maximum absolute atomic E-state index is 12.4. The summed E-state index contributed by atoms with van der Waals surface area (Å²) in [4.78, 5) is 25.1. The predicted octanol–water partition coefficient (Wildman–Crippen LogP) is 1.46. The number of halogens is 3. The van der Waals surface area contributed by atoms with Crippen molar-refractivity contribution in [3.63, 3.8) is 0 Å². The molecule has 1 aliphatic heterocycles. The summed E-state index contributed by atoms with van der Waals surface area (Å²) in [6.45, 7) is 1.31. The predicted molar refractivity (Wildman–Crippen MR) is 61.1 cm³/mol. The van der Waals surface area contributed by atoms with E-state index in [-0.39, 0.29) is 37.2 Å². The molecule has 1 unspecified atom stereocenters. The molecule has 0 radical (unpaired) electrons. The summed E-state index contributed by atoms with van der Waals surface area (Å²) in [5.41, 5.74) is -1.03. The van der Waals surface area contributed by atoms with Gasteiger partial charge in [-0.3, -0.25) is 9.59 Å². The van der Waals surface area contributed by atoms with E-state index < -0.39 is 18.1 Å². The van der Waals surface area contributed by atoms with Crippen LogP contribution in [0.15, 0.2) is 0 Å². The Morgan fingerprint density at radius 3 is 2.53 bits per heavy atom. The maximum Gasteiger partial charge on any atom is 0.390 e. The average molecular weight is 278 g/mol. The fourth-order valence-electron chi connectivity index (χ4n) is 2.48. The first-order valence-electron chi connectivity index (χ1n) is 6.39. The lowest BCUT2D eigenvalue weighted by Gasteiger charge is -2.32. The van der Waals surface area contributed by atoms with Gasteiger partial charge in [0.05, 0.1) is 6.42 Å². The highest BCUT2D eigenvalue weighted by Gasteiger charge is 2.51. The van der Waals surface area contributed by atoms with Crippen LogP contribution >= 0.6 is 0 Å². The number of nitrogens with one attached hydrogen (secondary N) is 1. The minimum Gasteiger partial charge on any atom is -0.342 e. The Morgan fingerprint density at radius 2 is 2.00 bits per heavy atom. The SMILES string of the molecule is CC1(C2CC2)NC(=O)CCN(CCC(F)(F)F)C1=O. The van der Waals surface area contributed by atoms with Gasteiger partial charge in [0.25, 0.3) is 0 Å². The summed E-state index contributed by atoms with van der Waals surface area (Å²) in [5, 5.41) is 2.68. The molecule has 2 amide bonds. The molecule has 1 aliphatic carbocycles. The van der Waals surface area contributed by atoms with E-state index in [1.807, 2.05) is 0 Å². The van der Waals surface area contributed by atoms with Crippen molar-refractivity contribution in [2.45, 2.75) is 44.3 Å². The number of nitrogens with zero attached hydrogens (tertiary/aromatic N) is 1. The second kappa shape index (κ2) is 4.68. The lowest BCUT2D eigenvalue weighted by Crippen LogP contribution is -2.57. The lowest BCUT2D eigenvalue weighted by atomic mass is 9.94. The summed E-state index contributed by atoms with van der Waals surface area (Å²) < 4.78 is 36.8. The smallest absolute Gasteiger partial charge is 0.342 e. The van der Waals surface area contributed by atoms with Crippen molar-refractivity contribution in [3.8, 4) is 0 Å². The molecule has 7 heteroatoms. The Bertz CT molecular complexity index is 393. The summed E-state index contributed by atoms with van der Waals surface area (Å²) in [5.74, 6) is -0.599. The van der Waals surface area contributed by atoms with Gasteiger partial charge in [-0.2, -0.15) is 13.2 Å². The van der Waals surface area contributed by atoms with Crippen molar-refractivity contribution in [2.75, 3.05) is 13.1 Å². The van der Waals surface area contributed by atoms with E-state index in [1.54, 1.807) is 6.92 Å². The van der Waals surface area contributed by atoms with E-state index in [4.69, 9.17) is 0 Å². The van der Waals surface area contributed by atoms with Crippen LogP contribution in [0.1, 0.15) is 32.6 Å². The van der Waals surface area contributed by atoms with Crippen LogP contribution in [-0.2, 0) is 9.59 Å². The van der Waals surface area contributed by atoms with E-state index in [1.165, 1.54) is 4.90 Å². The third-order valence-corrected chi connectivity index (χ3v) is 3.80. The summed E-state index contributed by atoms with van der Waals surface area (Å²) in [6.07, 6.45) is -3.61. The molecule has 0 aromatic heterocycles. The van der Waals surface area contributed by atoms with E-state index in [0.29, 0.717) is 0 Å². The molecule has 1 saturated heterocycles. The van der Waals surface area contributed by atoms with Gasteiger partial charge >= 0.3 is 6.18 Å². The van der Waals surface area contributed by atoms with Crippen LogP contribution in [0.5, 0.6) is 0 Å². The number of amides is 2. The zero-order chi connectivity index (χ0) is 14.3. The number of carbonyl (C=O) groups excluding carboxylic acids is 2. The van der Waals surface area contributed by atoms with E-state index in [0.717, 1.165) is 12.8 Å². The number of hydrogen-bond acceptors (Lipinski definition) is 2. The molecule has 4 nitrogen and oxygen atoms in total. The van der Waals surface area contributed by atoms with E-state index in [9.17, 15) is 22.8 Å². The second-order valence-electron chi connectivity index (χ2n) is 5.43. The van der Waals surface area contributed by atoms with Gasteiger partial charge in [0, 0.05) is 19.5 Å². The van der Waals surface area contributed by atoms with Crippen molar-refractivity contribution < 1.29 is 22.8 Å². The first-order valence-corrected chi connectivity index (χ1v) is 6.39. The zero-order valence-corrected chi connectivity index (χ0v) is 10.7. The number of rotatable bonds is 3. The molecule has 0 aromatic rings. The van der Waals surface area contributed by atoms with E-state index >= 15 is 0 Å². The number of carbonyl (C=O) groups is 2. The van der Waals surface area contributed by atoms with Gasteiger partial charge in [-0.15, -0.1) is 0 Å². The van der Waals surface area contributed by atoms with Crippen molar-refractivity contribution in [2.24, 2.45) is 5.92 Å². The topological polar surface area (TPSA) is 49.4 Å². The normalized spacial score (nSPS) is 29.2. The van der Waals surface area contributed by atoms with Crippen LogP contribution in [0, 0.1) is 5.92 Å². The minimum atomic E-state index is -4.29. The number of hydrogen-bond donors (Lipinski definition) is 1. The molecule has 19 heavy (non-hydrogen) atoms. The van der Waals surface area contributed by atoms with Crippen LogP contribution < -0.4 is 5.32 Å². The molecule has 1 atom stereocenters. The molecule has 0 aromatic carbocycles. The van der Waals surface area contributed by atoms with Crippen LogP contribution in [0.4, 0.5) is 13.2 Å². The fourth-order valence-corrected chi connectivity index (χ4v) is 2.48. The third kappa shape index (κ3) is 3.19. The van der Waals surface area contributed by atoms with Gasteiger partial charge in [0.2, 0.25) is 11.8 Å². The van der Waals surface area contributed by atoms with Gasteiger partial charge in [-0.25, -0.2) is 0 Å². The molecule has 2 fully saturated rings. The largest absolute Gasteiger partial charge is 0.390 e. The average Bonchev–Trinajstić information content (AvgIpc) is 3.09. The van der Waals surface area contributed by atoms with Crippen LogP contribution in [-0.4, -0.2) is 41.5 Å². The van der Waals surface area contributed by atoms with E-state index in [2.05, 4.69) is 5.32 Å². The molecule has 2 rings (SSSR count). The number of alkyl halides is 3. The second-order valence-corrected chi connectivity index (χ2v) is 5.43. The molecule has 1 N–H and O–H groups in total. The minimum absolute atomic E-state index is 0.0513. The van der Waals surface area contributed by atoms with Gasteiger partial charge in [-0.1, -0.05) is 0 Å². The van der Waals surface area contributed by atoms with Gasteiger partial charge in [-0.05, 0) is 25.7 Å². The highest BCUT2D eigenvalue weighted by Crippen LogP contribution is 2.41. The Morgan fingerprint density at radius 1 is 1.37 bits per heavy atom. The van der Waals surface area contributed by atoms with Crippen molar-refractivity contribution in [1.82, 2.24) is 10.2 Å². The fraction of sp³-hybridized carbons (Fsp3) is 0.833. The summed E-state index contributed by atoms with van der Waals surface area (Å²) >= 11 is 0. The third-order valence-electron chi connectivity index (χ3n) is 3.80. The molecular weight excluding hydrogens is 261 g/mol. The first kappa shape index (κ1) is 14.1. The van der Waals surface area contributed by atoms with Gasteiger partial charge < -0.3 is 10.2 Å². The molecule has 0 spiro atoms. The summed E-state index contributed by atoms with van der Waals surface area (Å²) in [7, 11) is 0. The Kier molecular flexibility index (Phi) is 3.49. The van der Waals surface area contributed by atoms with Crippen LogP contribution in [0.2, 0.25) is 0 Å². The highest BCUT2D eigenvalue weighted by molar-refractivity contribution is 5.93. The maximum atomic E-state index is 12.4. The first-order chi connectivity index (χ1) is 8.72. The quantitative estimate of drug-likeness (QED) is 0.849. The van der Waals surface area contributed by atoms with Crippen molar-refractivity contribution in [1.29, 1.82) is 0 Å². The van der Waals surface area contributed by atoms with Crippen LogP contribution in [0.3, 0.4) is 0 Å².